The van der Waals surface area contributed by atoms with Crippen molar-refractivity contribution in [2.75, 3.05) is 19.6 Å². The molecule has 0 aromatic carbocycles. The topological polar surface area (TPSA) is 70.4 Å². The van der Waals surface area contributed by atoms with E-state index < -0.39 is 0 Å². The molecule has 1 aliphatic rings. The number of amides is 2. The Hall–Kier alpha value is -0.880. The SMILES string of the molecule is CC(C)(C)NC(=O)NC1CCN(CC(N)=S)CC1. The fourth-order valence-electron chi connectivity index (χ4n) is 2.02. The van der Waals surface area contributed by atoms with Gasteiger partial charge in [0.05, 0.1) is 4.99 Å². The van der Waals surface area contributed by atoms with Crippen molar-refractivity contribution in [2.24, 2.45) is 5.73 Å². The summed E-state index contributed by atoms with van der Waals surface area (Å²) in [5.41, 5.74) is 5.32. The first kappa shape index (κ1) is 15.2. The summed E-state index contributed by atoms with van der Waals surface area (Å²) < 4.78 is 0. The lowest BCUT2D eigenvalue weighted by Crippen LogP contribution is -2.52. The Morgan fingerprint density at radius 3 is 2.39 bits per heavy atom. The Labute approximate surface area is 114 Å². The summed E-state index contributed by atoms with van der Waals surface area (Å²) >= 11 is 4.89. The highest BCUT2D eigenvalue weighted by Crippen LogP contribution is 2.10. The zero-order valence-electron chi connectivity index (χ0n) is 11.5. The Balaban J connectivity index is 2.27. The van der Waals surface area contributed by atoms with Gasteiger partial charge in [0.25, 0.3) is 0 Å². The van der Waals surface area contributed by atoms with Crippen LogP contribution < -0.4 is 16.4 Å². The molecule has 0 radical (unpaired) electrons. The third-order valence-corrected chi connectivity index (χ3v) is 2.92. The molecule has 1 saturated heterocycles. The fourth-order valence-corrected chi connectivity index (χ4v) is 2.20. The van der Waals surface area contributed by atoms with Crippen molar-refractivity contribution < 1.29 is 4.79 Å². The molecule has 0 unspecified atom stereocenters. The molecular weight excluding hydrogens is 248 g/mol. The van der Waals surface area contributed by atoms with E-state index >= 15 is 0 Å². The van der Waals surface area contributed by atoms with Crippen molar-refractivity contribution in [1.29, 1.82) is 0 Å². The van der Waals surface area contributed by atoms with Crippen LogP contribution in [0, 0.1) is 0 Å². The van der Waals surface area contributed by atoms with Crippen molar-refractivity contribution in [1.82, 2.24) is 15.5 Å². The Morgan fingerprint density at radius 2 is 1.94 bits per heavy atom. The highest BCUT2D eigenvalue weighted by atomic mass is 32.1. The molecule has 0 aromatic heterocycles. The molecule has 0 aromatic rings. The minimum absolute atomic E-state index is 0.0877. The molecule has 2 amide bonds. The number of hydrogen-bond donors (Lipinski definition) is 3. The zero-order valence-corrected chi connectivity index (χ0v) is 12.3. The fraction of sp³-hybridized carbons (Fsp3) is 0.833. The Morgan fingerprint density at radius 1 is 1.39 bits per heavy atom. The molecule has 1 rings (SSSR count). The second-order valence-electron chi connectivity index (χ2n) is 5.87. The van der Waals surface area contributed by atoms with E-state index in [9.17, 15) is 4.79 Å². The molecule has 104 valence electrons. The first-order valence-electron chi connectivity index (χ1n) is 6.35. The smallest absolute Gasteiger partial charge is 0.315 e. The van der Waals surface area contributed by atoms with Crippen LogP contribution in [0.15, 0.2) is 0 Å². The molecule has 0 spiro atoms. The second kappa shape index (κ2) is 6.33. The van der Waals surface area contributed by atoms with Crippen molar-refractivity contribution in [3.8, 4) is 0 Å². The normalized spacial score (nSPS) is 18.4. The van der Waals surface area contributed by atoms with Gasteiger partial charge in [0.2, 0.25) is 0 Å². The number of likely N-dealkylation sites (tertiary alicyclic amines) is 1. The number of urea groups is 1. The summed E-state index contributed by atoms with van der Waals surface area (Å²) in [6.45, 7) is 8.44. The van der Waals surface area contributed by atoms with Crippen LogP contribution in [0.5, 0.6) is 0 Å². The van der Waals surface area contributed by atoms with E-state index in [1.807, 2.05) is 20.8 Å². The minimum atomic E-state index is -0.198. The lowest BCUT2D eigenvalue weighted by atomic mass is 10.1. The molecule has 0 saturated carbocycles. The van der Waals surface area contributed by atoms with Gasteiger partial charge in [0.15, 0.2) is 0 Å². The lowest BCUT2D eigenvalue weighted by molar-refractivity contribution is 0.202. The van der Waals surface area contributed by atoms with Gasteiger partial charge in [-0.2, -0.15) is 0 Å². The van der Waals surface area contributed by atoms with Crippen LogP contribution in [0.2, 0.25) is 0 Å². The number of thiocarbonyl (C=S) groups is 1. The number of carbonyl (C=O) groups is 1. The van der Waals surface area contributed by atoms with Gasteiger partial charge in [-0.25, -0.2) is 4.79 Å². The van der Waals surface area contributed by atoms with E-state index in [0.29, 0.717) is 11.5 Å². The van der Waals surface area contributed by atoms with Crippen LogP contribution in [0.4, 0.5) is 4.79 Å². The third-order valence-electron chi connectivity index (χ3n) is 2.79. The van der Waals surface area contributed by atoms with Crippen LogP contribution in [0.3, 0.4) is 0 Å². The number of carbonyl (C=O) groups excluding carboxylic acids is 1. The number of piperidine rings is 1. The van der Waals surface area contributed by atoms with Crippen LogP contribution in [0.1, 0.15) is 33.6 Å². The maximum absolute atomic E-state index is 11.7. The molecule has 6 heteroatoms. The summed E-state index contributed by atoms with van der Waals surface area (Å²) in [6.07, 6.45) is 1.89. The number of nitrogens with two attached hydrogens (primary N) is 1. The van der Waals surface area contributed by atoms with Gasteiger partial charge < -0.3 is 16.4 Å². The monoisotopic (exact) mass is 272 g/mol. The van der Waals surface area contributed by atoms with E-state index in [1.54, 1.807) is 0 Å². The van der Waals surface area contributed by atoms with E-state index in [1.165, 1.54) is 0 Å². The predicted molar refractivity (Wildman–Crippen MR) is 77.7 cm³/mol. The molecule has 0 bridgehead atoms. The van der Waals surface area contributed by atoms with E-state index in [0.717, 1.165) is 25.9 Å². The van der Waals surface area contributed by atoms with Crippen molar-refractivity contribution in [2.45, 2.75) is 45.2 Å². The third kappa shape index (κ3) is 6.16. The molecule has 4 N–H and O–H groups in total. The maximum Gasteiger partial charge on any atom is 0.315 e. The largest absolute Gasteiger partial charge is 0.392 e. The molecule has 0 aliphatic carbocycles. The first-order valence-corrected chi connectivity index (χ1v) is 6.76. The molecule has 1 heterocycles. The molecular formula is C12H24N4OS. The summed E-state index contributed by atoms with van der Waals surface area (Å²) in [5.74, 6) is 0. The van der Waals surface area contributed by atoms with Gasteiger partial charge in [-0.05, 0) is 33.6 Å². The lowest BCUT2D eigenvalue weighted by Gasteiger charge is -2.32. The van der Waals surface area contributed by atoms with Crippen molar-refractivity contribution >= 4 is 23.2 Å². The molecule has 0 atom stereocenters. The summed E-state index contributed by atoms with van der Waals surface area (Å²) in [4.78, 5) is 14.5. The maximum atomic E-state index is 11.7. The predicted octanol–water partition coefficient (Wildman–Crippen LogP) is 0.835. The summed E-state index contributed by atoms with van der Waals surface area (Å²) in [7, 11) is 0. The molecule has 5 nitrogen and oxygen atoms in total. The molecule has 18 heavy (non-hydrogen) atoms. The number of rotatable bonds is 3. The van der Waals surface area contributed by atoms with Crippen LogP contribution >= 0.6 is 12.2 Å². The van der Waals surface area contributed by atoms with E-state index in [2.05, 4.69) is 15.5 Å². The van der Waals surface area contributed by atoms with Crippen molar-refractivity contribution in [3.05, 3.63) is 0 Å². The average molecular weight is 272 g/mol. The number of hydrogen-bond acceptors (Lipinski definition) is 3. The van der Waals surface area contributed by atoms with E-state index in [-0.39, 0.29) is 17.6 Å². The summed E-state index contributed by atoms with van der Waals surface area (Å²) in [5, 5.41) is 5.91. The van der Waals surface area contributed by atoms with Gasteiger partial charge >= 0.3 is 6.03 Å². The average Bonchev–Trinajstić information content (AvgIpc) is 2.17. The standard InChI is InChI=1S/C12H24N4OS/c1-12(2,3)15-11(17)14-9-4-6-16(7-5-9)8-10(13)18/h9H,4-8H2,1-3H3,(H2,13,18)(H2,14,15,17). The minimum Gasteiger partial charge on any atom is -0.392 e. The Bertz CT molecular complexity index is 306. The van der Waals surface area contributed by atoms with Crippen LogP contribution in [-0.4, -0.2) is 47.1 Å². The second-order valence-corrected chi connectivity index (χ2v) is 6.39. The molecule has 1 fully saturated rings. The Kier molecular flexibility index (Phi) is 5.34. The van der Waals surface area contributed by atoms with Gasteiger partial charge in [0.1, 0.15) is 0 Å². The quantitative estimate of drug-likeness (QED) is 0.666. The van der Waals surface area contributed by atoms with Crippen LogP contribution in [-0.2, 0) is 0 Å². The number of nitrogens with one attached hydrogen (secondary N) is 2. The van der Waals surface area contributed by atoms with Gasteiger partial charge in [-0.1, -0.05) is 12.2 Å². The van der Waals surface area contributed by atoms with E-state index in [4.69, 9.17) is 18.0 Å². The number of nitrogens with zero attached hydrogens (tertiary/aromatic N) is 1. The van der Waals surface area contributed by atoms with Crippen LogP contribution in [0.25, 0.3) is 0 Å². The van der Waals surface area contributed by atoms with Gasteiger partial charge in [-0.15, -0.1) is 0 Å². The highest BCUT2D eigenvalue weighted by Gasteiger charge is 2.22. The van der Waals surface area contributed by atoms with Crippen molar-refractivity contribution in [3.63, 3.8) is 0 Å². The summed E-state index contributed by atoms with van der Waals surface area (Å²) in [6, 6.07) is 0.158. The first-order chi connectivity index (χ1) is 8.26. The van der Waals surface area contributed by atoms with Gasteiger partial charge in [-0.3, -0.25) is 4.90 Å². The molecule has 1 aliphatic heterocycles. The van der Waals surface area contributed by atoms with Gasteiger partial charge in [0, 0.05) is 31.2 Å². The zero-order chi connectivity index (χ0) is 13.8. The highest BCUT2D eigenvalue weighted by molar-refractivity contribution is 7.80.